The van der Waals surface area contributed by atoms with Crippen molar-refractivity contribution in [2.75, 3.05) is 6.61 Å². The molecule has 14 heteroatoms. The van der Waals surface area contributed by atoms with E-state index in [0.29, 0.717) is 0 Å². The van der Waals surface area contributed by atoms with Gasteiger partial charge in [-0.05, 0) is 6.07 Å². The van der Waals surface area contributed by atoms with Crippen molar-refractivity contribution in [3.8, 4) is 0 Å². The van der Waals surface area contributed by atoms with Crippen molar-refractivity contribution < 1.29 is 52.9 Å². The van der Waals surface area contributed by atoms with Gasteiger partial charge in [0, 0.05) is 6.20 Å². The van der Waals surface area contributed by atoms with E-state index in [4.69, 9.17) is 22.1 Å². The van der Waals surface area contributed by atoms with Crippen molar-refractivity contribution >= 4 is 12.2 Å². The van der Waals surface area contributed by atoms with Crippen LogP contribution in [-0.4, -0.2) is 82.6 Å². The number of rotatable bonds is 2. The summed E-state index contributed by atoms with van der Waals surface area (Å²) in [4.78, 5) is 14.0. The van der Waals surface area contributed by atoms with Gasteiger partial charge < -0.3 is 52.9 Å². The molecule has 142 valence electrons. The first-order valence-corrected chi connectivity index (χ1v) is 5.39. The van der Waals surface area contributed by atoms with Crippen LogP contribution in [0.3, 0.4) is 0 Å². The highest BCUT2D eigenvalue weighted by molar-refractivity contribution is 7.71. The topological polar surface area (TPSA) is 297 Å². The van der Waals surface area contributed by atoms with Crippen molar-refractivity contribution in [2.45, 2.75) is 24.5 Å². The lowest BCUT2D eigenvalue weighted by molar-refractivity contribution is -0.0550. The molecule has 0 aromatic carbocycles. The number of H-pyrrole nitrogens is 1. The molecule has 0 amide bonds. The number of aromatic amines is 1. The molecule has 4 atom stereocenters. The monoisotopic (exact) mass is 368 g/mol. The van der Waals surface area contributed by atoms with Gasteiger partial charge in [-0.2, -0.15) is 0 Å². The van der Waals surface area contributed by atoms with Gasteiger partial charge in [-0.15, -0.1) is 0 Å². The van der Waals surface area contributed by atoms with Gasteiger partial charge in [0.1, 0.15) is 23.0 Å². The van der Waals surface area contributed by atoms with Crippen LogP contribution in [0.25, 0.3) is 0 Å². The Morgan fingerprint density at radius 1 is 1.13 bits per heavy atom. The van der Waals surface area contributed by atoms with Gasteiger partial charge in [-0.1, -0.05) is 12.2 Å². The molecule has 0 bridgehead atoms. The predicted octanol–water partition coefficient (Wildman–Crippen LogP) is -6.43. The van der Waals surface area contributed by atoms with Crippen molar-refractivity contribution in [1.29, 1.82) is 0 Å². The Kier molecular flexibility index (Phi) is 19.1. The van der Waals surface area contributed by atoms with Gasteiger partial charge in [-0.25, -0.2) is 4.79 Å². The van der Waals surface area contributed by atoms with Crippen molar-refractivity contribution in [2.24, 2.45) is 0 Å². The number of aliphatic hydroxyl groups is 3. The Hall–Kier alpha value is -1.30. The molecular formula is C9H24N2O11S. The molecule has 1 aromatic rings. The smallest absolute Gasteiger partial charge is 0.328 e. The lowest BCUT2D eigenvalue weighted by atomic mass is 10.1. The fraction of sp³-hybridized carbons (Fsp3) is 0.556. The van der Waals surface area contributed by atoms with E-state index in [-0.39, 0.29) is 37.5 Å². The second-order valence-corrected chi connectivity index (χ2v) is 4.19. The van der Waals surface area contributed by atoms with Crippen LogP contribution < -0.4 is 5.69 Å². The molecule has 2 heterocycles. The number of hydrogen-bond acceptors (Lipinski definition) is 6. The van der Waals surface area contributed by atoms with E-state index in [1.54, 1.807) is 0 Å². The van der Waals surface area contributed by atoms with Crippen LogP contribution in [0.2, 0.25) is 0 Å². The summed E-state index contributed by atoms with van der Waals surface area (Å²) >= 11 is 4.77. The Balaban J connectivity index is -0.000000180. The van der Waals surface area contributed by atoms with Crippen LogP contribution in [0.15, 0.2) is 17.1 Å². The van der Waals surface area contributed by atoms with E-state index in [2.05, 4.69) is 4.98 Å². The van der Waals surface area contributed by atoms with Gasteiger partial charge in [-0.3, -0.25) is 9.55 Å². The molecule has 0 aliphatic carbocycles. The summed E-state index contributed by atoms with van der Waals surface area (Å²) in [5.74, 6) is 0. The second-order valence-electron chi connectivity index (χ2n) is 3.75. The third kappa shape index (κ3) is 6.37. The summed E-state index contributed by atoms with van der Waals surface area (Å²) in [6, 6.07) is 1.46. The maximum absolute atomic E-state index is 11.6. The zero-order chi connectivity index (χ0) is 12.6. The zero-order valence-corrected chi connectivity index (χ0v) is 12.5. The molecule has 16 N–H and O–H groups in total. The third-order valence-electron chi connectivity index (χ3n) is 2.64. The minimum absolute atomic E-state index is 0. The summed E-state index contributed by atoms with van der Waals surface area (Å²) < 4.78 is 6.55. The van der Waals surface area contributed by atoms with Gasteiger partial charge >= 0.3 is 5.69 Å². The summed E-state index contributed by atoms with van der Waals surface area (Å²) in [7, 11) is 0. The summed E-state index contributed by atoms with van der Waals surface area (Å²) in [5, 5.41) is 28.2. The largest absolute Gasteiger partial charge is 0.412 e. The van der Waals surface area contributed by atoms with Gasteiger partial charge in [0.25, 0.3) is 0 Å². The van der Waals surface area contributed by atoms with E-state index in [1.165, 1.54) is 12.3 Å². The first kappa shape index (κ1) is 33.3. The van der Waals surface area contributed by atoms with E-state index in [1.807, 2.05) is 0 Å². The maximum Gasteiger partial charge on any atom is 0.328 e. The molecule has 0 radical (unpaired) electrons. The summed E-state index contributed by atoms with van der Waals surface area (Å²) in [6.45, 7) is -0.438. The lowest BCUT2D eigenvalue weighted by Crippen LogP contribution is -2.35. The Bertz CT molecular complexity index is 521. The van der Waals surface area contributed by atoms with Gasteiger partial charge in [0.2, 0.25) is 0 Å². The number of aliphatic hydroxyl groups excluding tert-OH is 3. The zero-order valence-electron chi connectivity index (χ0n) is 11.7. The van der Waals surface area contributed by atoms with Crippen molar-refractivity contribution in [3.05, 3.63) is 27.4 Å². The second kappa shape index (κ2) is 13.2. The van der Waals surface area contributed by atoms with Crippen LogP contribution in [0, 0.1) is 4.64 Å². The van der Waals surface area contributed by atoms with E-state index < -0.39 is 36.8 Å². The fourth-order valence-corrected chi connectivity index (χ4v) is 1.89. The van der Waals surface area contributed by atoms with Crippen LogP contribution in [-0.2, 0) is 4.74 Å². The molecule has 1 aromatic heterocycles. The van der Waals surface area contributed by atoms with E-state index in [9.17, 15) is 15.0 Å². The minimum atomic E-state index is -1.28. The molecule has 1 aliphatic heterocycles. The Morgan fingerprint density at radius 2 is 1.65 bits per heavy atom. The quantitative estimate of drug-likeness (QED) is 0.367. The molecule has 0 spiro atoms. The average Bonchev–Trinajstić information content (AvgIpc) is 2.57. The van der Waals surface area contributed by atoms with Crippen LogP contribution in [0.4, 0.5) is 0 Å². The molecule has 1 fully saturated rings. The summed E-state index contributed by atoms with van der Waals surface area (Å²) in [6.07, 6.45) is -3.11. The third-order valence-corrected chi connectivity index (χ3v) is 2.88. The Morgan fingerprint density at radius 3 is 2.04 bits per heavy atom. The van der Waals surface area contributed by atoms with Crippen molar-refractivity contribution in [1.82, 2.24) is 9.55 Å². The highest BCUT2D eigenvalue weighted by Gasteiger charge is 2.43. The molecule has 23 heavy (non-hydrogen) atoms. The SMILES string of the molecule is O.O.O.O.O.O.O=c1[nH]c(=S)ccn1[C@@H]1O[C@H](CO)[C@@H](O)[C@H]1O. The molecule has 1 saturated heterocycles. The molecular weight excluding hydrogens is 344 g/mol. The highest BCUT2D eigenvalue weighted by atomic mass is 32.1. The number of aromatic nitrogens is 2. The van der Waals surface area contributed by atoms with Crippen molar-refractivity contribution in [3.63, 3.8) is 0 Å². The lowest BCUT2D eigenvalue weighted by Gasteiger charge is -2.16. The summed E-state index contributed by atoms with van der Waals surface area (Å²) in [5.41, 5.74) is -0.549. The van der Waals surface area contributed by atoms with Crippen LogP contribution >= 0.6 is 12.2 Å². The number of nitrogens with zero attached hydrogens (tertiary/aromatic N) is 1. The van der Waals surface area contributed by atoms with E-state index >= 15 is 0 Å². The molecule has 0 saturated carbocycles. The van der Waals surface area contributed by atoms with Gasteiger partial charge in [0.05, 0.1) is 6.61 Å². The number of ether oxygens (including phenoxy) is 1. The molecule has 1 aliphatic rings. The predicted molar refractivity (Wildman–Crippen MR) is 80.6 cm³/mol. The maximum atomic E-state index is 11.6. The first-order valence-electron chi connectivity index (χ1n) is 4.98. The molecule has 13 nitrogen and oxygen atoms in total. The van der Waals surface area contributed by atoms with E-state index in [0.717, 1.165) is 4.57 Å². The van der Waals surface area contributed by atoms with Gasteiger partial charge in [0.15, 0.2) is 6.23 Å². The normalized spacial score (nSPS) is 24.3. The average molecular weight is 368 g/mol. The van der Waals surface area contributed by atoms with Crippen LogP contribution in [0.5, 0.6) is 0 Å². The fourth-order valence-electron chi connectivity index (χ4n) is 1.74. The number of nitrogens with one attached hydrogen (secondary N) is 1. The first-order chi connectivity index (χ1) is 8.04. The highest BCUT2D eigenvalue weighted by Crippen LogP contribution is 2.27. The van der Waals surface area contributed by atoms with Crippen LogP contribution in [0.1, 0.15) is 6.23 Å². The Labute approximate surface area is 134 Å². The number of hydrogen-bond donors (Lipinski definition) is 4. The molecule has 2 rings (SSSR count). The molecule has 0 unspecified atom stereocenters. The standard InChI is InChI=1S/C9H12N2O5S.6H2O/c12-3-4-6(13)7(14)8(16-4)11-2-1-5(17)10-9(11)15;;;;;;/h1-2,4,6-8,12-14H,3H2,(H,10,15,17);6*1H2/t4-,6-,7-,8-;;;;;;/m1....../s1. The minimum Gasteiger partial charge on any atom is -0.412 e.